The predicted molar refractivity (Wildman–Crippen MR) is 130 cm³/mol. The maximum Gasteiger partial charge on any atom is 0.416 e. The standard InChI is InChI=1S/C26H26F3NO6S/c1-17(2)30(25(31)24-22(34-3)12-7-13-23(24)35-4)16-18-8-5-10-20(14-18)36-37(32,33)21-11-6-9-19(15-21)26(27,28)29/h5-15,17H,16H2,1-4H3. The Morgan fingerprint density at radius 1 is 0.919 bits per heavy atom. The number of halogens is 3. The zero-order valence-electron chi connectivity index (χ0n) is 20.6. The average Bonchev–Trinajstić information content (AvgIpc) is 2.85. The molecule has 0 saturated heterocycles. The van der Waals surface area contributed by atoms with E-state index in [1.54, 1.807) is 29.2 Å². The summed E-state index contributed by atoms with van der Waals surface area (Å²) in [6.07, 6.45) is -4.71. The van der Waals surface area contributed by atoms with Gasteiger partial charge in [-0.05, 0) is 61.9 Å². The predicted octanol–water partition coefficient (Wildman–Crippen LogP) is 5.54. The SMILES string of the molecule is COc1cccc(OC)c1C(=O)N(Cc1cccc(OS(=O)(=O)c2cccc(C(F)(F)F)c2)c1)C(C)C. The monoisotopic (exact) mass is 537 g/mol. The highest BCUT2D eigenvalue weighted by molar-refractivity contribution is 7.87. The number of rotatable bonds is 9. The van der Waals surface area contributed by atoms with Crippen molar-refractivity contribution in [1.82, 2.24) is 4.90 Å². The van der Waals surface area contributed by atoms with Gasteiger partial charge in [0.05, 0.1) is 19.8 Å². The number of carbonyl (C=O) groups is 1. The lowest BCUT2D eigenvalue weighted by Crippen LogP contribution is -2.36. The molecular formula is C26H26F3NO6S. The third-order valence-electron chi connectivity index (χ3n) is 5.43. The molecule has 0 heterocycles. The number of nitrogens with zero attached hydrogens (tertiary/aromatic N) is 1. The fourth-order valence-electron chi connectivity index (χ4n) is 3.59. The Hall–Kier alpha value is -3.73. The zero-order chi connectivity index (χ0) is 27.4. The van der Waals surface area contributed by atoms with Crippen molar-refractivity contribution in [1.29, 1.82) is 0 Å². The van der Waals surface area contributed by atoms with E-state index in [2.05, 4.69) is 0 Å². The highest BCUT2D eigenvalue weighted by atomic mass is 32.2. The van der Waals surface area contributed by atoms with Crippen molar-refractivity contribution in [2.24, 2.45) is 0 Å². The molecule has 11 heteroatoms. The summed E-state index contributed by atoms with van der Waals surface area (Å²) >= 11 is 0. The second kappa shape index (κ2) is 11.1. The molecule has 0 aliphatic carbocycles. The first-order valence-corrected chi connectivity index (χ1v) is 12.5. The summed E-state index contributed by atoms with van der Waals surface area (Å²) in [6, 6.07) is 14.0. The number of carbonyl (C=O) groups excluding carboxylic acids is 1. The Morgan fingerprint density at radius 2 is 1.51 bits per heavy atom. The minimum absolute atomic E-state index is 0.0819. The van der Waals surface area contributed by atoms with Gasteiger partial charge in [-0.25, -0.2) is 0 Å². The van der Waals surface area contributed by atoms with Crippen LogP contribution in [0.2, 0.25) is 0 Å². The largest absolute Gasteiger partial charge is 0.496 e. The van der Waals surface area contributed by atoms with Gasteiger partial charge in [0.25, 0.3) is 5.91 Å². The Bertz CT molecular complexity index is 1350. The van der Waals surface area contributed by atoms with E-state index in [0.29, 0.717) is 23.1 Å². The zero-order valence-corrected chi connectivity index (χ0v) is 21.4. The number of hydrogen-bond acceptors (Lipinski definition) is 6. The van der Waals surface area contributed by atoms with Gasteiger partial charge in [-0.3, -0.25) is 4.79 Å². The smallest absolute Gasteiger partial charge is 0.416 e. The lowest BCUT2D eigenvalue weighted by Gasteiger charge is -2.28. The van der Waals surface area contributed by atoms with Crippen molar-refractivity contribution in [3.05, 3.63) is 83.4 Å². The number of benzene rings is 3. The second-order valence-electron chi connectivity index (χ2n) is 8.27. The fraction of sp³-hybridized carbons (Fsp3) is 0.269. The van der Waals surface area contributed by atoms with E-state index in [-0.39, 0.29) is 29.8 Å². The van der Waals surface area contributed by atoms with E-state index in [1.165, 1.54) is 32.4 Å². The van der Waals surface area contributed by atoms with Crippen LogP contribution in [0.15, 0.2) is 71.6 Å². The molecule has 0 saturated carbocycles. The number of amides is 1. The highest BCUT2D eigenvalue weighted by Crippen LogP contribution is 2.32. The molecule has 0 radical (unpaired) electrons. The Kier molecular flexibility index (Phi) is 8.37. The quantitative estimate of drug-likeness (QED) is 0.334. The van der Waals surface area contributed by atoms with Gasteiger partial charge in [0.2, 0.25) is 0 Å². The fourth-order valence-corrected chi connectivity index (χ4v) is 4.56. The van der Waals surface area contributed by atoms with E-state index in [1.807, 2.05) is 13.8 Å². The average molecular weight is 538 g/mol. The van der Waals surface area contributed by atoms with Crippen molar-refractivity contribution in [2.45, 2.75) is 37.5 Å². The molecule has 0 bridgehead atoms. The third kappa shape index (κ3) is 6.53. The number of hydrogen-bond donors (Lipinski definition) is 0. The minimum atomic E-state index is -4.71. The number of ether oxygens (including phenoxy) is 2. The van der Waals surface area contributed by atoms with Gasteiger partial charge < -0.3 is 18.6 Å². The Balaban J connectivity index is 1.88. The first-order chi connectivity index (χ1) is 17.4. The molecule has 0 fully saturated rings. The van der Waals surface area contributed by atoms with Gasteiger partial charge >= 0.3 is 16.3 Å². The van der Waals surface area contributed by atoms with Crippen LogP contribution in [0.25, 0.3) is 0 Å². The van der Waals surface area contributed by atoms with Gasteiger partial charge in [0.15, 0.2) is 0 Å². The number of alkyl halides is 3. The molecule has 0 aliphatic heterocycles. The summed E-state index contributed by atoms with van der Waals surface area (Å²) in [4.78, 5) is 14.4. The van der Waals surface area contributed by atoms with Gasteiger partial charge in [0, 0.05) is 12.6 Å². The highest BCUT2D eigenvalue weighted by Gasteiger charge is 2.32. The van der Waals surface area contributed by atoms with Crippen LogP contribution in [-0.2, 0) is 22.8 Å². The first kappa shape index (κ1) is 27.9. The van der Waals surface area contributed by atoms with E-state index in [9.17, 15) is 26.4 Å². The van der Waals surface area contributed by atoms with Crippen molar-refractivity contribution < 1.29 is 40.0 Å². The molecule has 0 aliphatic rings. The molecular weight excluding hydrogens is 511 g/mol. The molecule has 3 aromatic carbocycles. The molecule has 0 atom stereocenters. The summed E-state index contributed by atoms with van der Waals surface area (Å²) in [7, 11) is -1.67. The van der Waals surface area contributed by atoms with Gasteiger partial charge in [0.1, 0.15) is 27.7 Å². The van der Waals surface area contributed by atoms with Crippen molar-refractivity contribution in [2.75, 3.05) is 14.2 Å². The molecule has 0 spiro atoms. The summed E-state index contributed by atoms with van der Waals surface area (Å²) in [5, 5.41) is 0. The van der Waals surface area contributed by atoms with Crippen LogP contribution >= 0.6 is 0 Å². The maximum atomic E-state index is 13.5. The lowest BCUT2D eigenvalue weighted by atomic mass is 10.1. The van der Waals surface area contributed by atoms with E-state index < -0.39 is 26.8 Å². The van der Waals surface area contributed by atoms with Crippen LogP contribution in [0.3, 0.4) is 0 Å². The van der Waals surface area contributed by atoms with Crippen LogP contribution in [0, 0.1) is 0 Å². The molecule has 3 aromatic rings. The topological polar surface area (TPSA) is 82.1 Å². The molecule has 0 unspecified atom stereocenters. The summed E-state index contributed by atoms with van der Waals surface area (Å²) < 4.78 is 80.2. The molecule has 0 N–H and O–H groups in total. The van der Waals surface area contributed by atoms with Crippen LogP contribution in [-0.4, -0.2) is 39.5 Å². The molecule has 198 valence electrons. The van der Waals surface area contributed by atoms with E-state index >= 15 is 0 Å². The van der Waals surface area contributed by atoms with Crippen molar-refractivity contribution in [3.63, 3.8) is 0 Å². The van der Waals surface area contributed by atoms with Crippen LogP contribution in [0.1, 0.15) is 35.3 Å². The second-order valence-corrected chi connectivity index (χ2v) is 9.82. The third-order valence-corrected chi connectivity index (χ3v) is 6.68. The molecule has 7 nitrogen and oxygen atoms in total. The van der Waals surface area contributed by atoms with Crippen LogP contribution in [0.4, 0.5) is 13.2 Å². The van der Waals surface area contributed by atoms with Crippen molar-refractivity contribution in [3.8, 4) is 17.2 Å². The van der Waals surface area contributed by atoms with E-state index in [4.69, 9.17) is 13.7 Å². The van der Waals surface area contributed by atoms with Gasteiger partial charge in [-0.2, -0.15) is 21.6 Å². The summed E-state index contributed by atoms with van der Waals surface area (Å²) in [5.41, 5.74) is -0.336. The first-order valence-electron chi connectivity index (χ1n) is 11.1. The van der Waals surface area contributed by atoms with Gasteiger partial charge in [-0.15, -0.1) is 0 Å². The molecule has 37 heavy (non-hydrogen) atoms. The molecule has 3 rings (SSSR count). The van der Waals surface area contributed by atoms with Crippen molar-refractivity contribution >= 4 is 16.0 Å². The minimum Gasteiger partial charge on any atom is -0.496 e. The van der Waals surface area contributed by atoms with Gasteiger partial charge in [-0.1, -0.05) is 24.3 Å². The Labute approximate surface area is 213 Å². The molecule has 1 amide bonds. The molecule has 0 aromatic heterocycles. The summed E-state index contributed by atoms with van der Waals surface area (Å²) in [5.74, 6) is 0.187. The normalized spacial score (nSPS) is 11.8. The van der Waals surface area contributed by atoms with Crippen LogP contribution in [0.5, 0.6) is 17.2 Å². The number of methoxy groups -OCH3 is 2. The lowest BCUT2D eigenvalue weighted by molar-refractivity contribution is -0.137. The maximum absolute atomic E-state index is 13.5. The van der Waals surface area contributed by atoms with E-state index in [0.717, 1.165) is 18.2 Å². The Morgan fingerprint density at radius 3 is 2.08 bits per heavy atom. The van der Waals surface area contributed by atoms with Crippen LogP contribution < -0.4 is 13.7 Å². The summed E-state index contributed by atoms with van der Waals surface area (Å²) in [6.45, 7) is 3.72.